The number of rotatable bonds is 5. The molecule has 0 saturated carbocycles. The largest absolute Gasteiger partial charge is 0.456 e. The van der Waals surface area contributed by atoms with Gasteiger partial charge in [0, 0.05) is 12.1 Å². The van der Waals surface area contributed by atoms with Gasteiger partial charge in [-0.15, -0.1) is 0 Å². The molecule has 0 radical (unpaired) electrons. The monoisotopic (exact) mass is 420 g/mol. The first-order valence-corrected chi connectivity index (χ1v) is 9.88. The van der Waals surface area contributed by atoms with E-state index >= 15 is 0 Å². The van der Waals surface area contributed by atoms with Crippen molar-refractivity contribution >= 4 is 34.7 Å². The topological polar surface area (TPSA) is 93.7 Å². The molecule has 4 rings (SSSR count). The van der Waals surface area contributed by atoms with Crippen LogP contribution in [-0.4, -0.2) is 21.0 Å². The highest BCUT2D eigenvalue weighted by Gasteiger charge is 2.35. The van der Waals surface area contributed by atoms with Crippen LogP contribution in [0.1, 0.15) is 16.9 Å². The smallest absolute Gasteiger partial charge is 0.293 e. The zero-order valence-electron chi connectivity index (χ0n) is 15.9. The molecule has 1 aliphatic heterocycles. The molecular formula is C22H16N2O5S. The van der Waals surface area contributed by atoms with Crippen molar-refractivity contribution in [3.63, 3.8) is 0 Å². The molecular weight excluding hydrogens is 404 g/mol. The van der Waals surface area contributed by atoms with E-state index in [1.165, 1.54) is 17.0 Å². The van der Waals surface area contributed by atoms with Crippen LogP contribution in [0.3, 0.4) is 0 Å². The van der Waals surface area contributed by atoms with Crippen LogP contribution in [0.5, 0.6) is 0 Å². The van der Waals surface area contributed by atoms with Crippen LogP contribution >= 0.6 is 11.8 Å². The SMILES string of the molecule is Cc1ccc(-c2ccc(/C=C3/SC(=O)N(Cc4ccccc4)C3=O)o2)c([N+](=O)[O-])c1. The number of hydrogen-bond acceptors (Lipinski definition) is 6. The normalized spacial score (nSPS) is 15.2. The lowest BCUT2D eigenvalue weighted by Gasteiger charge is -2.11. The van der Waals surface area contributed by atoms with Crippen LogP contribution in [0.2, 0.25) is 0 Å². The Morgan fingerprint density at radius 3 is 2.60 bits per heavy atom. The summed E-state index contributed by atoms with van der Waals surface area (Å²) in [6.07, 6.45) is 1.49. The number of benzene rings is 2. The predicted octanol–water partition coefficient (Wildman–Crippen LogP) is 5.40. The Labute approximate surface area is 176 Å². The highest BCUT2D eigenvalue weighted by atomic mass is 32.2. The van der Waals surface area contributed by atoms with Gasteiger partial charge in [-0.1, -0.05) is 36.4 Å². The Morgan fingerprint density at radius 2 is 1.87 bits per heavy atom. The number of carbonyl (C=O) groups excluding carboxylic acids is 2. The van der Waals surface area contributed by atoms with Crippen molar-refractivity contribution in [2.24, 2.45) is 0 Å². The van der Waals surface area contributed by atoms with E-state index in [1.54, 1.807) is 31.2 Å². The second-order valence-electron chi connectivity index (χ2n) is 6.73. The minimum Gasteiger partial charge on any atom is -0.456 e. The van der Waals surface area contributed by atoms with Gasteiger partial charge in [-0.25, -0.2) is 0 Å². The van der Waals surface area contributed by atoms with Crippen molar-refractivity contribution in [3.05, 3.63) is 92.6 Å². The fourth-order valence-corrected chi connectivity index (χ4v) is 3.93. The Balaban J connectivity index is 1.58. The number of nitro benzene ring substituents is 1. The van der Waals surface area contributed by atoms with E-state index in [0.29, 0.717) is 17.1 Å². The number of hydrogen-bond donors (Lipinski definition) is 0. The summed E-state index contributed by atoms with van der Waals surface area (Å²) in [4.78, 5) is 37.3. The molecule has 8 heteroatoms. The lowest BCUT2D eigenvalue weighted by molar-refractivity contribution is -0.384. The van der Waals surface area contributed by atoms with Crippen molar-refractivity contribution in [3.8, 4) is 11.3 Å². The van der Waals surface area contributed by atoms with Gasteiger partial charge in [0.1, 0.15) is 11.5 Å². The third kappa shape index (κ3) is 3.90. The van der Waals surface area contributed by atoms with E-state index in [1.807, 2.05) is 30.3 Å². The molecule has 0 atom stereocenters. The van der Waals surface area contributed by atoms with Crippen LogP contribution < -0.4 is 0 Å². The van der Waals surface area contributed by atoms with Crippen LogP contribution in [0.15, 0.2) is 70.0 Å². The van der Waals surface area contributed by atoms with E-state index in [0.717, 1.165) is 22.9 Å². The van der Waals surface area contributed by atoms with Gasteiger partial charge in [-0.3, -0.25) is 24.6 Å². The van der Waals surface area contributed by atoms with Crippen LogP contribution in [-0.2, 0) is 11.3 Å². The number of furan rings is 1. The molecule has 0 N–H and O–H groups in total. The molecule has 2 amide bonds. The number of thioether (sulfide) groups is 1. The minimum absolute atomic E-state index is 0.0564. The first kappa shape index (κ1) is 19.7. The maximum absolute atomic E-state index is 12.7. The predicted molar refractivity (Wildman–Crippen MR) is 113 cm³/mol. The summed E-state index contributed by atoms with van der Waals surface area (Å²) in [6, 6.07) is 17.3. The average molecular weight is 420 g/mol. The van der Waals surface area contributed by atoms with Gasteiger partial charge >= 0.3 is 0 Å². The summed E-state index contributed by atoms with van der Waals surface area (Å²) in [7, 11) is 0. The van der Waals surface area contributed by atoms with E-state index in [9.17, 15) is 19.7 Å². The van der Waals surface area contributed by atoms with Gasteiger partial charge in [-0.2, -0.15) is 0 Å². The number of amides is 2. The molecule has 150 valence electrons. The van der Waals surface area contributed by atoms with Crippen LogP contribution in [0, 0.1) is 17.0 Å². The van der Waals surface area contributed by atoms with Gasteiger partial charge < -0.3 is 4.42 Å². The van der Waals surface area contributed by atoms with Gasteiger partial charge in [0.2, 0.25) is 0 Å². The third-order valence-electron chi connectivity index (χ3n) is 4.57. The Kier molecular flexibility index (Phi) is 5.24. The number of nitro groups is 1. The summed E-state index contributed by atoms with van der Waals surface area (Å²) in [5.41, 5.74) is 1.92. The number of carbonyl (C=O) groups is 2. The van der Waals surface area contributed by atoms with E-state index in [4.69, 9.17) is 4.42 Å². The lowest BCUT2D eigenvalue weighted by Crippen LogP contribution is -2.27. The first-order valence-electron chi connectivity index (χ1n) is 9.07. The van der Waals surface area contributed by atoms with Gasteiger partial charge in [0.05, 0.1) is 21.9 Å². The first-order chi connectivity index (χ1) is 14.4. The average Bonchev–Trinajstić information content (AvgIpc) is 3.29. The molecule has 7 nitrogen and oxygen atoms in total. The van der Waals surface area contributed by atoms with Crippen molar-refractivity contribution in [2.45, 2.75) is 13.5 Å². The second-order valence-corrected chi connectivity index (χ2v) is 7.73. The van der Waals surface area contributed by atoms with Crippen LogP contribution in [0.25, 0.3) is 17.4 Å². The maximum atomic E-state index is 12.7. The molecule has 0 bridgehead atoms. The number of nitrogens with zero attached hydrogens (tertiary/aromatic N) is 2. The molecule has 1 saturated heterocycles. The zero-order valence-corrected chi connectivity index (χ0v) is 16.7. The molecule has 2 aromatic carbocycles. The lowest BCUT2D eigenvalue weighted by atomic mass is 10.1. The van der Waals surface area contributed by atoms with Gasteiger partial charge in [0.25, 0.3) is 16.8 Å². The molecule has 1 aliphatic rings. The standard InChI is InChI=1S/C22H16N2O5S/c1-14-7-9-17(18(11-14)24(27)28)19-10-8-16(29-19)12-20-21(25)23(22(26)30-20)13-15-5-3-2-4-6-15/h2-12H,13H2,1H3/b20-12+. The number of aryl methyl sites for hydroxylation is 1. The molecule has 30 heavy (non-hydrogen) atoms. The Hall–Kier alpha value is -3.65. The van der Waals surface area contributed by atoms with Crippen molar-refractivity contribution in [1.29, 1.82) is 0 Å². The van der Waals surface area contributed by atoms with E-state index < -0.39 is 10.8 Å². The van der Waals surface area contributed by atoms with E-state index in [-0.39, 0.29) is 22.4 Å². The maximum Gasteiger partial charge on any atom is 0.293 e. The summed E-state index contributed by atoms with van der Waals surface area (Å²) in [5.74, 6) is 0.259. The molecule has 0 unspecified atom stereocenters. The molecule has 1 aromatic heterocycles. The molecule has 0 aliphatic carbocycles. The summed E-state index contributed by atoms with van der Waals surface area (Å²) >= 11 is 0.841. The molecule has 0 spiro atoms. The fourth-order valence-electron chi connectivity index (χ4n) is 3.11. The van der Waals surface area contributed by atoms with Crippen LogP contribution in [0.4, 0.5) is 10.5 Å². The van der Waals surface area contributed by atoms with Crippen molar-refractivity contribution < 1.29 is 18.9 Å². The Bertz CT molecular complexity index is 1180. The molecule has 1 fully saturated rings. The summed E-state index contributed by atoms with van der Waals surface area (Å²) in [6.45, 7) is 1.97. The zero-order chi connectivity index (χ0) is 21.3. The number of imide groups is 1. The van der Waals surface area contributed by atoms with Crippen molar-refractivity contribution in [2.75, 3.05) is 0 Å². The minimum atomic E-state index is -0.459. The van der Waals surface area contributed by atoms with E-state index in [2.05, 4.69) is 0 Å². The Morgan fingerprint density at radius 1 is 1.10 bits per heavy atom. The summed E-state index contributed by atoms with van der Waals surface area (Å²) in [5, 5.41) is 11.0. The second kappa shape index (κ2) is 8.00. The fraction of sp³-hybridized carbons (Fsp3) is 0.0909. The highest BCUT2D eigenvalue weighted by molar-refractivity contribution is 8.18. The van der Waals surface area contributed by atoms with Crippen molar-refractivity contribution in [1.82, 2.24) is 4.90 Å². The van der Waals surface area contributed by atoms with Gasteiger partial charge in [-0.05, 0) is 48.0 Å². The molecule has 2 heterocycles. The highest BCUT2D eigenvalue weighted by Crippen LogP contribution is 2.36. The molecule has 3 aromatic rings. The quantitative estimate of drug-likeness (QED) is 0.312. The summed E-state index contributed by atoms with van der Waals surface area (Å²) < 4.78 is 5.72. The third-order valence-corrected chi connectivity index (χ3v) is 5.48. The van der Waals surface area contributed by atoms with Gasteiger partial charge in [0.15, 0.2) is 0 Å².